The highest BCUT2D eigenvalue weighted by Crippen LogP contribution is 2.24. The Morgan fingerprint density at radius 2 is 2.20 bits per heavy atom. The van der Waals surface area contributed by atoms with Crippen LogP contribution in [0, 0.1) is 0 Å². The average molecular weight is 345 g/mol. The molecule has 3 rings (SSSR count). The summed E-state index contributed by atoms with van der Waals surface area (Å²) in [5, 5.41) is 10.8. The maximum absolute atomic E-state index is 5.67. The van der Waals surface area contributed by atoms with Crippen molar-refractivity contribution >= 4 is 5.96 Å². The van der Waals surface area contributed by atoms with E-state index in [0.717, 1.165) is 43.7 Å². The van der Waals surface area contributed by atoms with Gasteiger partial charge in [-0.15, -0.1) is 0 Å². The fraction of sp³-hybridized carbons (Fsp3) is 0.588. The lowest BCUT2D eigenvalue weighted by atomic mass is 10.2. The lowest BCUT2D eigenvalue weighted by Crippen LogP contribution is -2.42. The van der Waals surface area contributed by atoms with Gasteiger partial charge < -0.3 is 15.1 Å². The van der Waals surface area contributed by atoms with Gasteiger partial charge in [0.25, 0.3) is 0 Å². The zero-order valence-electron chi connectivity index (χ0n) is 15.0. The molecule has 8 heteroatoms. The number of guanidine groups is 1. The normalized spacial score (nSPS) is 17.0. The van der Waals surface area contributed by atoms with E-state index in [4.69, 9.17) is 4.42 Å². The van der Waals surface area contributed by atoms with Gasteiger partial charge in [0.05, 0.1) is 12.3 Å². The van der Waals surface area contributed by atoms with Crippen LogP contribution in [-0.2, 0) is 13.6 Å². The summed E-state index contributed by atoms with van der Waals surface area (Å²) in [5.41, 5.74) is 0. The molecule has 0 spiro atoms. The Morgan fingerprint density at radius 1 is 1.36 bits per heavy atom. The predicted molar refractivity (Wildman–Crippen MR) is 96.1 cm³/mol. The first-order valence-corrected chi connectivity index (χ1v) is 8.90. The van der Waals surface area contributed by atoms with Gasteiger partial charge in [-0.25, -0.2) is 9.98 Å². The summed E-state index contributed by atoms with van der Waals surface area (Å²) in [6.07, 6.45) is 5.78. The minimum absolute atomic E-state index is 0.219. The van der Waals surface area contributed by atoms with Gasteiger partial charge in [0.15, 0.2) is 5.96 Å². The van der Waals surface area contributed by atoms with Crippen LogP contribution in [0.5, 0.6) is 0 Å². The van der Waals surface area contributed by atoms with E-state index in [1.54, 1.807) is 17.3 Å². The van der Waals surface area contributed by atoms with E-state index in [1.165, 1.54) is 12.8 Å². The summed E-state index contributed by atoms with van der Waals surface area (Å²) < 4.78 is 7.41. The van der Waals surface area contributed by atoms with E-state index in [2.05, 4.69) is 37.5 Å². The van der Waals surface area contributed by atoms with Crippen molar-refractivity contribution in [3.63, 3.8) is 0 Å². The zero-order chi connectivity index (χ0) is 17.5. The second kappa shape index (κ2) is 8.66. The number of aromatic nitrogens is 3. The smallest absolute Gasteiger partial charge is 0.191 e. The molecule has 1 atom stereocenters. The summed E-state index contributed by atoms with van der Waals surface area (Å²) in [6, 6.07) is 4.22. The van der Waals surface area contributed by atoms with Gasteiger partial charge in [-0.05, 0) is 45.0 Å². The maximum Gasteiger partial charge on any atom is 0.191 e. The lowest BCUT2D eigenvalue weighted by molar-refractivity contribution is 0.215. The number of furan rings is 1. The third-order valence-corrected chi connectivity index (χ3v) is 4.44. The number of nitrogens with zero attached hydrogens (tertiary/aromatic N) is 5. The van der Waals surface area contributed by atoms with Crippen LogP contribution in [0.4, 0.5) is 0 Å². The van der Waals surface area contributed by atoms with Crippen molar-refractivity contribution < 1.29 is 4.42 Å². The molecule has 1 fully saturated rings. The van der Waals surface area contributed by atoms with Crippen molar-refractivity contribution in [3.8, 4) is 0 Å². The number of hydrogen-bond donors (Lipinski definition) is 2. The molecule has 2 aromatic rings. The highest BCUT2D eigenvalue weighted by Gasteiger charge is 2.25. The zero-order valence-corrected chi connectivity index (χ0v) is 15.0. The van der Waals surface area contributed by atoms with Gasteiger partial charge in [-0.3, -0.25) is 9.58 Å². The molecule has 136 valence electrons. The van der Waals surface area contributed by atoms with Crippen LogP contribution < -0.4 is 10.6 Å². The summed E-state index contributed by atoms with van der Waals surface area (Å²) >= 11 is 0. The van der Waals surface area contributed by atoms with E-state index in [0.29, 0.717) is 6.54 Å². The first-order chi connectivity index (χ1) is 12.3. The molecule has 3 heterocycles. The van der Waals surface area contributed by atoms with Crippen molar-refractivity contribution in [2.45, 2.75) is 32.4 Å². The molecule has 0 saturated carbocycles. The molecule has 0 amide bonds. The predicted octanol–water partition coefficient (Wildman–Crippen LogP) is 1.30. The van der Waals surface area contributed by atoms with Crippen LogP contribution in [0.3, 0.4) is 0 Å². The second-order valence-corrected chi connectivity index (χ2v) is 6.15. The van der Waals surface area contributed by atoms with Crippen LogP contribution in [0.2, 0.25) is 0 Å². The minimum atomic E-state index is 0.219. The van der Waals surface area contributed by atoms with E-state index < -0.39 is 0 Å². The summed E-state index contributed by atoms with van der Waals surface area (Å²) in [5.74, 6) is 2.61. The molecule has 1 aliphatic rings. The Morgan fingerprint density at radius 3 is 2.84 bits per heavy atom. The lowest BCUT2D eigenvalue weighted by Gasteiger charge is -2.26. The molecule has 0 bridgehead atoms. The van der Waals surface area contributed by atoms with Gasteiger partial charge in [0.1, 0.15) is 24.5 Å². The van der Waals surface area contributed by atoms with Crippen LogP contribution in [0.1, 0.15) is 37.4 Å². The second-order valence-electron chi connectivity index (χ2n) is 6.15. The fourth-order valence-corrected chi connectivity index (χ4v) is 3.09. The summed E-state index contributed by atoms with van der Waals surface area (Å²) in [7, 11) is 1.87. The van der Waals surface area contributed by atoms with Gasteiger partial charge in [-0.2, -0.15) is 5.10 Å². The van der Waals surface area contributed by atoms with Crippen LogP contribution in [-0.4, -0.2) is 51.8 Å². The van der Waals surface area contributed by atoms with E-state index in [-0.39, 0.29) is 6.04 Å². The number of hydrogen-bond acceptors (Lipinski definition) is 5. The SMILES string of the molecule is CCNC(=NCc1ncnn1C)NCC(c1ccco1)N1CCCC1. The third-order valence-electron chi connectivity index (χ3n) is 4.44. The number of rotatable bonds is 7. The Labute approximate surface area is 148 Å². The number of aliphatic imine (C=N–C) groups is 1. The van der Waals surface area contributed by atoms with Crippen LogP contribution in [0.25, 0.3) is 0 Å². The Balaban J connectivity index is 1.64. The largest absolute Gasteiger partial charge is 0.468 e. The van der Waals surface area contributed by atoms with Crippen LogP contribution >= 0.6 is 0 Å². The van der Waals surface area contributed by atoms with Gasteiger partial charge in [0, 0.05) is 20.1 Å². The monoisotopic (exact) mass is 345 g/mol. The molecule has 1 aliphatic heterocycles. The molecular formula is C17H27N7O. The molecule has 2 N–H and O–H groups in total. The quantitative estimate of drug-likeness (QED) is 0.581. The molecule has 1 unspecified atom stereocenters. The highest BCUT2D eigenvalue weighted by atomic mass is 16.3. The fourth-order valence-electron chi connectivity index (χ4n) is 3.09. The molecule has 8 nitrogen and oxygen atoms in total. The molecule has 0 aliphatic carbocycles. The van der Waals surface area contributed by atoms with Gasteiger partial charge in [-0.1, -0.05) is 0 Å². The van der Waals surface area contributed by atoms with Gasteiger partial charge >= 0.3 is 0 Å². The molecular weight excluding hydrogens is 318 g/mol. The molecule has 2 aromatic heterocycles. The maximum atomic E-state index is 5.67. The third kappa shape index (κ3) is 4.60. The van der Waals surface area contributed by atoms with Crippen molar-refractivity contribution in [2.24, 2.45) is 12.0 Å². The molecule has 0 radical (unpaired) electrons. The summed E-state index contributed by atoms with van der Waals surface area (Å²) in [4.78, 5) is 11.3. The molecule has 0 aromatic carbocycles. The number of likely N-dealkylation sites (tertiary alicyclic amines) is 1. The topological polar surface area (TPSA) is 83.5 Å². The Kier molecular flexibility index (Phi) is 6.05. The summed E-state index contributed by atoms with van der Waals surface area (Å²) in [6.45, 7) is 6.32. The number of nitrogens with one attached hydrogen (secondary N) is 2. The first-order valence-electron chi connectivity index (χ1n) is 8.90. The number of aryl methyl sites for hydroxylation is 1. The molecule has 1 saturated heterocycles. The minimum Gasteiger partial charge on any atom is -0.468 e. The highest BCUT2D eigenvalue weighted by molar-refractivity contribution is 5.79. The Hall–Kier alpha value is -2.35. The van der Waals surface area contributed by atoms with Crippen molar-refractivity contribution in [1.29, 1.82) is 0 Å². The standard InChI is InChI=1S/C17H27N7O/c1-3-18-17(20-12-16-21-13-22-23(16)2)19-11-14(15-7-6-10-25-15)24-8-4-5-9-24/h6-7,10,13-14H,3-5,8-9,11-12H2,1-2H3,(H2,18,19,20). The van der Waals surface area contributed by atoms with Crippen molar-refractivity contribution in [2.75, 3.05) is 26.2 Å². The van der Waals surface area contributed by atoms with Gasteiger partial charge in [0.2, 0.25) is 0 Å². The van der Waals surface area contributed by atoms with Crippen LogP contribution in [0.15, 0.2) is 34.1 Å². The average Bonchev–Trinajstić information content (AvgIpc) is 3.36. The van der Waals surface area contributed by atoms with E-state index >= 15 is 0 Å². The first kappa shape index (κ1) is 17.5. The Bertz CT molecular complexity index is 658. The van der Waals surface area contributed by atoms with Crippen molar-refractivity contribution in [1.82, 2.24) is 30.3 Å². The molecule has 25 heavy (non-hydrogen) atoms. The van der Waals surface area contributed by atoms with E-state index in [1.807, 2.05) is 19.2 Å². The van der Waals surface area contributed by atoms with Crippen molar-refractivity contribution in [3.05, 3.63) is 36.3 Å². The van der Waals surface area contributed by atoms with E-state index in [9.17, 15) is 0 Å².